The van der Waals surface area contributed by atoms with E-state index in [-0.39, 0.29) is 11.3 Å². The minimum Gasteiger partial charge on any atom is -0.481 e. The van der Waals surface area contributed by atoms with Gasteiger partial charge in [-0.2, -0.15) is 0 Å². The third-order valence-corrected chi connectivity index (χ3v) is 3.69. The van der Waals surface area contributed by atoms with Gasteiger partial charge in [-0.05, 0) is 11.3 Å². The smallest absolute Gasteiger partial charge is 0.308 e. The summed E-state index contributed by atoms with van der Waals surface area (Å²) in [5.74, 6) is -0.418. The molecule has 13 heavy (non-hydrogen) atoms. The Bertz CT molecular complexity index is 205. The molecule has 0 aliphatic carbocycles. The van der Waals surface area contributed by atoms with Crippen molar-refractivity contribution in [3.63, 3.8) is 0 Å². The largest absolute Gasteiger partial charge is 0.481 e. The van der Waals surface area contributed by atoms with E-state index >= 15 is 0 Å². The topological polar surface area (TPSA) is 49.3 Å². The van der Waals surface area contributed by atoms with Crippen LogP contribution < -0.4 is 5.32 Å². The minimum atomic E-state index is -0.659. The fourth-order valence-corrected chi connectivity index (χ4v) is 2.20. The quantitative estimate of drug-likeness (QED) is 0.697. The Morgan fingerprint density at radius 3 is 2.85 bits per heavy atom. The van der Waals surface area contributed by atoms with Crippen molar-refractivity contribution in [3.8, 4) is 0 Å². The highest BCUT2D eigenvalue weighted by Gasteiger charge is 2.46. The van der Waals surface area contributed by atoms with Crippen molar-refractivity contribution in [2.24, 2.45) is 17.3 Å². The second kappa shape index (κ2) is 3.66. The van der Waals surface area contributed by atoms with Crippen LogP contribution in [-0.2, 0) is 4.79 Å². The van der Waals surface area contributed by atoms with Gasteiger partial charge in [0.05, 0.1) is 5.92 Å². The average molecular weight is 185 g/mol. The summed E-state index contributed by atoms with van der Waals surface area (Å²) in [6.45, 7) is 7.80. The van der Waals surface area contributed by atoms with Gasteiger partial charge in [0.1, 0.15) is 0 Å². The summed E-state index contributed by atoms with van der Waals surface area (Å²) >= 11 is 0. The lowest BCUT2D eigenvalue weighted by atomic mass is 9.70. The van der Waals surface area contributed by atoms with E-state index in [9.17, 15) is 4.79 Å². The minimum absolute atomic E-state index is 0.0689. The number of nitrogens with one attached hydrogen (secondary N) is 1. The highest BCUT2D eigenvalue weighted by Crippen LogP contribution is 2.40. The van der Waals surface area contributed by atoms with E-state index in [2.05, 4.69) is 26.1 Å². The molecule has 76 valence electrons. The van der Waals surface area contributed by atoms with Gasteiger partial charge in [0.15, 0.2) is 0 Å². The maximum Gasteiger partial charge on any atom is 0.308 e. The number of carboxylic acids is 1. The second-order valence-electron chi connectivity index (χ2n) is 4.34. The van der Waals surface area contributed by atoms with Crippen molar-refractivity contribution in [1.29, 1.82) is 0 Å². The molecule has 0 spiro atoms. The molecule has 3 unspecified atom stereocenters. The lowest BCUT2D eigenvalue weighted by Gasteiger charge is -2.33. The molecule has 1 aliphatic rings. The fraction of sp³-hybridized carbons (Fsp3) is 0.900. The molecule has 3 atom stereocenters. The molecular weight excluding hydrogens is 166 g/mol. The molecule has 2 N–H and O–H groups in total. The number of rotatable bonds is 3. The Labute approximate surface area is 79.5 Å². The van der Waals surface area contributed by atoms with Crippen LogP contribution in [0.3, 0.4) is 0 Å². The SMILES string of the molecule is CCC(C)C1(C)CNCC1C(=O)O. The molecule has 0 aromatic carbocycles. The van der Waals surface area contributed by atoms with Crippen molar-refractivity contribution in [3.05, 3.63) is 0 Å². The van der Waals surface area contributed by atoms with Crippen molar-refractivity contribution in [1.82, 2.24) is 5.32 Å². The lowest BCUT2D eigenvalue weighted by molar-refractivity contribution is -0.145. The Hall–Kier alpha value is -0.570. The van der Waals surface area contributed by atoms with Crippen molar-refractivity contribution < 1.29 is 9.90 Å². The summed E-state index contributed by atoms with van der Waals surface area (Å²) in [6.07, 6.45) is 1.04. The van der Waals surface area contributed by atoms with Gasteiger partial charge in [0, 0.05) is 13.1 Å². The molecule has 1 rings (SSSR count). The van der Waals surface area contributed by atoms with Crippen molar-refractivity contribution >= 4 is 5.97 Å². The second-order valence-corrected chi connectivity index (χ2v) is 4.34. The van der Waals surface area contributed by atoms with Crippen molar-refractivity contribution in [2.75, 3.05) is 13.1 Å². The van der Waals surface area contributed by atoms with E-state index < -0.39 is 5.97 Å². The molecule has 1 fully saturated rings. The van der Waals surface area contributed by atoms with Gasteiger partial charge < -0.3 is 10.4 Å². The molecule has 0 saturated carbocycles. The average Bonchev–Trinajstić information content (AvgIpc) is 2.47. The maximum atomic E-state index is 11.0. The number of hydrogen-bond acceptors (Lipinski definition) is 2. The Morgan fingerprint density at radius 2 is 2.38 bits per heavy atom. The zero-order valence-electron chi connectivity index (χ0n) is 8.63. The van der Waals surface area contributed by atoms with Crippen LogP contribution in [-0.4, -0.2) is 24.2 Å². The summed E-state index contributed by atoms with van der Waals surface area (Å²) in [5, 5.41) is 12.2. The molecular formula is C10H19NO2. The van der Waals surface area contributed by atoms with Gasteiger partial charge in [-0.15, -0.1) is 0 Å². The van der Waals surface area contributed by atoms with Gasteiger partial charge in [-0.1, -0.05) is 27.2 Å². The first-order chi connectivity index (χ1) is 6.02. The monoisotopic (exact) mass is 185 g/mol. The van der Waals surface area contributed by atoms with Crippen LogP contribution in [0.4, 0.5) is 0 Å². The van der Waals surface area contributed by atoms with Gasteiger partial charge in [-0.3, -0.25) is 4.79 Å². The third-order valence-electron chi connectivity index (χ3n) is 3.69. The first-order valence-electron chi connectivity index (χ1n) is 4.96. The first kappa shape index (κ1) is 10.5. The molecule has 3 heteroatoms. The Kier molecular flexibility index (Phi) is 2.96. The molecule has 3 nitrogen and oxygen atoms in total. The van der Waals surface area contributed by atoms with E-state index in [4.69, 9.17) is 5.11 Å². The van der Waals surface area contributed by atoms with Gasteiger partial charge in [0.2, 0.25) is 0 Å². The molecule has 0 amide bonds. The standard InChI is InChI=1S/C10H19NO2/c1-4-7(2)10(3)6-11-5-8(10)9(12)13/h7-8,11H,4-6H2,1-3H3,(H,12,13). The summed E-state index contributed by atoms with van der Waals surface area (Å²) in [7, 11) is 0. The van der Waals surface area contributed by atoms with Gasteiger partial charge in [-0.25, -0.2) is 0 Å². The fourth-order valence-electron chi connectivity index (χ4n) is 2.20. The molecule has 1 heterocycles. The van der Waals surface area contributed by atoms with E-state index in [1.54, 1.807) is 0 Å². The van der Waals surface area contributed by atoms with Crippen molar-refractivity contribution in [2.45, 2.75) is 27.2 Å². The number of hydrogen-bond donors (Lipinski definition) is 2. The van der Waals surface area contributed by atoms with Crippen LogP contribution in [0.2, 0.25) is 0 Å². The predicted octanol–water partition coefficient (Wildman–Crippen LogP) is 1.34. The molecule has 0 aromatic rings. The molecule has 0 bridgehead atoms. The van der Waals surface area contributed by atoms with Gasteiger partial charge in [0.25, 0.3) is 0 Å². The van der Waals surface area contributed by atoms with Gasteiger partial charge >= 0.3 is 5.97 Å². The molecule has 1 saturated heterocycles. The van der Waals surface area contributed by atoms with Crippen LogP contribution in [0.1, 0.15) is 27.2 Å². The number of carbonyl (C=O) groups is 1. The van der Waals surface area contributed by atoms with Crippen LogP contribution >= 0.6 is 0 Å². The van der Waals surface area contributed by atoms with Crippen LogP contribution in [0.5, 0.6) is 0 Å². The first-order valence-corrected chi connectivity index (χ1v) is 4.96. The van der Waals surface area contributed by atoms with Crippen LogP contribution in [0.25, 0.3) is 0 Å². The summed E-state index contributed by atoms with van der Waals surface area (Å²) in [5.41, 5.74) is -0.0689. The lowest BCUT2D eigenvalue weighted by Crippen LogP contribution is -2.37. The Balaban J connectivity index is 2.81. The van der Waals surface area contributed by atoms with E-state index in [0.29, 0.717) is 12.5 Å². The number of aliphatic carboxylic acids is 1. The maximum absolute atomic E-state index is 11.0. The van der Waals surface area contributed by atoms with Crippen LogP contribution in [0, 0.1) is 17.3 Å². The normalized spacial score (nSPS) is 36.1. The molecule has 1 aliphatic heterocycles. The van der Waals surface area contributed by atoms with Crippen LogP contribution in [0.15, 0.2) is 0 Å². The summed E-state index contributed by atoms with van der Waals surface area (Å²) in [4.78, 5) is 11.0. The highest BCUT2D eigenvalue weighted by atomic mass is 16.4. The highest BCUT2D eigenvalue weighted by molar-refractivity contribution is 5.72. The number of carboxylic acid groups (broad SMARTS) is 1. The van der Waals surface area contributed by atoms with E-state index in [1.165, 1.54) is 0 Å². The summed E-state index contributed by atoms with van der Waals surface area (Å²) in [6, 6.07) is 0. The summed E-state index contributed by atoms with van der Waals surface area (Å²) < 4.78 is 0. The zero-order valence-corrected chi connectivity index (χ0v) is 8.63. The molecule has 0 aromatic heterocycles. The predicted molar refractivity (Wildman–Crippen MR) is 51.6 cm³/mol. The van der Waals surface area contributed by atoms with E-state index in [0.717, 1.165) is 13.0 Å². The zero-order chi connectivity index (χ0) is 10.1. The molecule has 0 radical (unpaired) electrons. The third kappa shape index (κ3) is 1.70. The Morgan fingerprint density at radius 1 is 1.77 bits per heavy atom. The van der Waals surface area contributed by atoms with E-state index in [1.807, 2.05) is 0 Å².